The quantitative estimate of drug-likeness (QED) is 0.134. The molecule has 0 N–H and O–H groups in total. The number of allylic oxidation sites excluding steroid dienone is 4. The van der Waals surface area contributed by atoms with Crippen molar-refractivity contribution in [1.82, 2.24) is 0 Å². The Hall–Kier alpha value is -1.31. The Kier molecular flexibility index (Phi) is 9.17. The molecule has 0 heterocycles. The summed E-state index contributed by atoms with van der Waals surface area (Å²) < 4.78 is 5.86. The van der Waals surface area contributed by atoms with Gasteiger partial charge >= 0.3 is 5.97 Å². The third-order valence-electron chi connectivity index (χ3n) is 12.1. The molecule has 208 valence electrons. The zero-order valence-corrected chi connectivity index (χ0v) is 25.1. The van der Waals surface area contributed by atoms with E-state index < -0.39 is 0 Å². The fraction of sp³-hybridized carbons (Fsp3) is 0.800. The van der Waals surface area contributed by atoms with E-state index in [0.717, 1.165) is 54.3 Å². The number of carbonyl (C=O) groups is 1. The molecule has 3 fully saturated rings. The molecule has 2 nitrogen and oxygen atoms in total. The fourth-order valence-corrected chi connectivity index (χ4v) is 9.84. The van der Waals surface area contributed by atoms with Crippen LogP contribution >= 0.6 is 0 Å². The van der Waals surface area contributed by atoms with Crippen LogP contribution in [0.4, 0.5) is 0 Å². The predicted molar refractivity (Wildman–Crippen MR) is 156 cm³/mol. The van der Waals surface area contributed by atoms with E-state index in [2.05, 4.69) is 47.6 Å². The van der Waals surface area contributed by atoms with Crippen LogP contribution < -0.4 is 0 Å². The zero-order chi connectivity index (χ0) is 26.8. The largest absolute Gasteiger partial charge is 0.459 e. The Bertz CT molecular complexity index is 880. The molecule has 4 aliphatic carbocycles. The maximum atomic E-state index is 12.3. The molecule has 4 rings (SSSR count). The van der Waals surface area contributed by atoms with Gasteiger partial charge in [-0.3, -0.25) is 0 Å². The van der Waals surface area contributed by atoms with Crippen molar-refractivity contribution in [2.45, 2.75) is 125 Å². The third kappa shape index (κ3) is 5.69. The first-order chi connectivity index (χ1) is 17.6. The van der Waals surface area contributed by atoms with Crippen molar-refractivity contribution in [1.29, 1.82) is 0 Å². The van der Waals surface area contributed by atoms with Crippen LogP contribution in [-0.2, 0) is 9.53 Å². The molecule has 0 unspecified atom stereocenters. The van der Waals surface area contributed by atoms with Gasteiger partial charge in [0, 0.05) is 12.5 Å². The second-order valence-corrected chi connectivity index (χ2v) is 14.1. The number of fused-ring (bicyclic) bond motifs is 5. The van der Waals surface area contributed by atoms with E-state index in [1.165, 1.54) is 57.8 Å². The third-order valence-corrected chi connectivity index (χ3v) is 12.1. The molecule has 0 aromatic rings. The molecule has 2 heteroatoms. The number of esters is 1. The van der Waals surface area contributed by atoms with Crippen LogP contribution in [0.2, 0.25) is 0 Å². The summed E-state index contributed by atoms with van der Waals surface area (Å²) in [5.41, 5.74) is 2.44. The Morgan fingerprint density at radius 1 is 1.05 bits per heavy atom. The smallest absolute Gasteiger partial charge is 0.331 e. The summed E-state index contributed by atoms with van der Waals surface area (Å²) in [5, 5.41) is 0. The summed E-state index contributed by atoms with van der Waals surface area (Å²) in [5.74, 6) is 5.85. The zero-order valence-electron chi connectivity index (χ0n) is 25.1. The summed E-state index contributed by atoms with van der Waals surface area (Å²) in [6, 6.07) is 0. The SMILES string of the molecule is C/C=C/C=C/C(=O)O[C@H]1CC[C@@]2(C)C(=CC[C@H]3[C@@H]4CC[C@H]([C@H](C)CC[C@@H](CC)C(C)C)[C@@]4(C)CC[C@@H]32)C1. The number of hydrogen-bond donors (Lipinski definition) is 0. The van der Waals surface area contributed by atoms with Crippen molar-refractivity contribution < 1.29 is 9.53 Å². The number of hydrogen-bond acceptors (Lipinski definition) is 2. The molecule has 0 bridgehead atoms. The van der Waals surface area contributed by atoms with Gasteiger partial charge in [0.05, 0.1) is 0 Å². The van der Waals surface area contributed by atoms with E-state index in [1.807, 2.05) is 19.1 Å². The molecule has 4 aliphatic rings. The monoisotopic (exact) mass is 508 g/mol. The lowest BCUT2D eigenvalue weighted by atomic mass is 9.47. The molecule has 0 saturated heterocycles. The minimum atomic E-state index is -0.195. The Morgan fingerprint density at radius 2 is 1.84 bits per heavy atom. The average Bonchev–Trinajstić information content (AvgIpc) is 3.22. The minimum Gasteiger partial charge on any atom is -0.459 e. The van der Waals surface area contributed by atoms with E-state index >= 15 is 0 Å². The second kappa shape index (κ2) is 11.8. The van der Waals surface area contributed by atoms with Crippen molar-refractivity contribution >= 4 is 5.97 Å². The highest BCUT2D eigenvalue weighted by atomic mass is 16.5. The summed E-state index contributed by atoms with van der Waals surface area (Å²) in [6.07, 6.45) is 24.1. The normalized spacial score (nSPS) is 39.2. The highest BCUT2D eigenvalue weighted by Gasteiger charge is 2.59. The molecule has 0 radical (unpaired) electrons. The summed E-state index contributed by atoms with van der Waals surface area (Å²) in [4.78, 5) is 12.3. The lowest BCUT2D eigenvalue weighted by Crippen LogP contribution is -2.51. The van der Waals surface area contributed by atoms with Crippen LogP contribution in [0, 0.1) is 52.3 Å². The van der Waals surface area contributed by atoms with E-state index in [4.69, 9.17) is 4.74 Å². The van der Waals surface area contributed by atoms with Crippen molar-refractivity contribution in [3.63, 3.8) is 0 Å². The van der Waals surface area contributed by atoms with Gasteiger partial charge in [-0.15, -0.1) is 0 Å². The van der Waals surface area contributed by atoms with Crippen LogP contribution in [0.5, 0.6) is 0 Å². The van der Waals surface area contributed by atoms with Crippen molar-refractivity contribution in [2.24, 2.45) is 52.3 Å². The van der Waals surface area contributed by atoms with Gasteiger partial charge in [-0.05, 0) is 111 Å². The molecule has 9 atom stereocenters. The van der Waals surface area contributed by atoms with Crippen molar-refractivity contribution in [3.05, 3.63) is 36.0 Å². The van der Waals surface area contributed by atoms with Gasteiger partial charge in [-0.1, -0.05) is 84.3 Å². The first kappa shape index (κ1) is 28.7. The molecular weight excluding hydrogens is 452 g/mol. The Balaban J connectivity index is 1.41. The van der Waals surface area contributed by atoms with Gasteiger partial charge in [0.2, 0.25) is 0 Å². The molecule has 0 aliphatic heterocycles. The fourth-order valence-electron chi connectivity index (χ4n) is 9.84. The van der Waals surface area contributed by atoms with Crippen LogP contribution in [0.1, 0.15) is 119 Å². The number of carbonyl (C=O) groups excluding carboxylic acids is 1. The van der Waals surface area contributed by atoms with Crippen LogP contribution in [-0.4, -0.2) is 12.1 Å². The van der Waals surface area contributed by atoms with E-state index in [9.17, 15) is 4.79 Å². The molecule has 37 heavy (non-hydrogen) atoms. The summed E-state index contributed by atoms with van der Waals surface area (Å²) in [6.45, 7) is 17.0. The first-order valence-electron chi connectivity index (χ1n) is 15.8. The van der Waals surface area contributed by atoms with Crippen LogP contribution in [0.15, 0.2) is 36.0 Å². The Labute approximate surface area is 228 Å². The molecule has 0 aromatic heterocycles. The highest BCUT2D eigenvalue weighted by molar-refractivity contribution is 5.82. The maximum Gasteiger partial charge on any atom is 0.331 e. The number of rotatable bonds is 9. The minimum absolute atomic E-state index is 0.0435. The molecule has 0 spiro atoms. The molecule has 0 aromatic carbocycles. The maximum absolute atomic E-state index is 12.3. The first-order valence-corrected chi connectivity index (χ1v) is 15.8. The summed E-state index contributed by atoms with van der Waals surface area (Å²) in [7, 11) is 0. The summed E-state index contributed by atoms with van der Waals surface area (Å²) >= 11 is 0. The van der Waals surface area contributed by atoms with Gasteiger partial charge in [-0.25, -0.2) is 4.79 Å². The van der Waals surface area contributed by atoms with Crippen LogP contribution in [0.3, 0.4) is 0 Å². The van der Waals surface area contributed by atoms with Crippen LogP contribution in [0.25, 0.3) is 0 Å². The van der Waals surface area contributed by atoms with Crippen molar-refractivity contribution in [3.8, 4) is 0 Å². The lowest BCUT2D eigenvalue weighted by Gasteiger charge is -2.58. The topological polar surface area (TPSA) is 26.3 Å². The average molecular weight is 509 g/mol. The second-order valence-electron chi connectivity index (χ2n) is 14.1. The molecular formula is C35H56O2. The number of ether oxygens (including phenoxy) is 1. The lowest BCUT2D eigenvalue weighted by molar-refractivity contribution is -0.145. The van der Waals surface area contributed by atoms with E-state index in [-0.39, 0.29) is 12.1 Å². The van der Waals surface area contributed by atoms with Gasteiger partial charge in [0.15, 0.2) is 0 Å². The van der Waals surface area contributed by atoms with Gasteiger partial charge in [-0.2, -0.15) is 0 Å². The van der Waals surface area contributed by atoms with E-state index in [1.54, 1.807) is 17.7 Å². The standard InChI is InChI=1S/C35H56O2/c1-8-10-11-12-33(36)37-28-19-21-34(6)27(23-28)15-16-29-31-18-17-30(35(31,7)22-20-32(29)34)25(5)13-14-26(9-2)24(3)4/h8,10-12,15,24-26,28-32H,9,13-14,16-23H2,1-7H3/b10-8+,12-11+/t25-,26-,28+,29+,30-,31+,32+,34+,35-/m1/s1. The van der Waals surface area contributed by atoms with Gasteiger partial charge in [0.1, 0.15) is 6.10 Å². The Morgan fingerprint density at radius 3 is 2.54 bits per heavy atom. The van der Waals surface area contributed by atoms with E-state index in [0.29, 0.717) is 10.8 Å². The van der Waals surface area contributed by atoms with Gasteiger partial charge < -0.3 is 4.74 Å². The molecule has 3 saturated carbocycles. The predicted octanol–water partition coefficient (Wildman–Crippen LogP) is 9.71. The highest BCUT2D eigenvalue weighted by Crippen LogP contribution is 2.67. The molecule has 0 amide bonds. The van der Waals surface area contributed by atoms with Gasteiger partial charge in [0.25, 0.3) is 0 Å². The van der Waals surface area contributed by atoms with Crippen molar-refractivity contribution in [2.75, 3.05) is 0 Å².